The van der Waals surface area contributed by atoms with Crippen molar-refractivity contribution in [1.29, 1.82) is 0 Å². The van der Waals surface area contributed by atoms with Crippen molar-refractivity contribution < 1.29 is 13.9 Å². The van der Waals surface area contributed by atoms with E-state index in [4.69, 9.17) is 32.4 Å². The monoisotopic (exact) mass is 431 g/mol. The van der Waals surface area contributed by atoms with Crippen LogP contribution in [0.4, 0.5) is 0 Å². The Kier molecular flexibility index (Phi) is 6.04. The van der Waals surface area contributed by atoms with Crippen molar-refractivity contribution in [2.24, 2.45) is 0 Å². The first kappa shape index (κ1) is 19.8. The summed E-state index contributed by atoms with van der Waals surface area (Å²) in [5.74, 6) is 1.24. The number of furan rings is 1. The Morgan fingerprint density at radius 3 is 3.00 bits per heavy atom. The predicted octanol–water partition coefficient (Wildman–Crippen LogP) is 4.14. The third-order valence-corrected chi connectivity index (χ3v) is 5.26. The summed E-state index contributed by atoms with van der Waals surface area (Å²) in [4.78, 5) is 18.9. The molecule has 3 heterocycles. The average Bonchev–Trinajstić information content (AvgIpc) is 3.24. The van der Waals surface area contributed by atoms with Crippen molar-refractivity contribution in [3.8, 4) is 17.1 Å². The number of halogens is 2. The second-order valence-electron chi connectivity index (χ2n) is 6.64. The fraction of sp³-hybridized carbons (Fsp3) is 0.238. The first-order valence-corrected chi connectivity index (χ1v) is 9.97. The van der Waals surface area contributed by atoms with E-state index in [1.54, 1.807) is 47.6 Å². The molecule has 0 saturated carbocycles. The Hall–Kier alpha value is -2.54. The summed E-state index contributed by atoms with van der Waals surface area (Å²) < 4.78 is 11.6. The van der Waals surface area contributed by atoms with E-state index in [1.165, 1.54) is 0 Å². The van der Waals surface area contributed by atoms with Gasteiger partial charge >= 0.3 is 0 Å². The lowest BCUT2D eigenvalue weighted by molar-refractivity contribution is 0.0529. The molecule has 6 nitrogen and oxygen atoms in total. The van der Waals surface area contributed by atoms with Crippen LogP contribution in [0.15, 0.2) is 59.3 Å². The number of carbonyl (C=O) groups excluding carboxylic acids is 1. The van der Waals surface area contributed by atoms with E-state index in [9.17, 15) is 4.79 Å². The van der Waals surface area contributed by atoms with Crippen LogP contribution in [-0.2, 0) is 0 Å². The maximum absolute atomic E-state index is 13.1. The number of pyridine rings is 1. The van der Waals surface area contributed by atoms with Crippen LogP contribution in [0.2, 0.25) is 10.0 Å². The molecule has 1 N–H and O–H groups in total. The van der Waals surface area contributed by atoms with Crippen molar-refractivity contribution in [3.63, 3.8) is 0 Å². The minimum atomic E-state index is -0.185. The zero-order valence-corrected chi connectivity index (χ0v) is 17.0. The normalized spacial score (nSPS) is 16.6. The number of nitrogens with one attached hydrogen (secondary N) is 1. The average molecular weight is 432 g/mol. The summed E-state index contributed by atoms with van der Waals surface area (Å²) in [5.41, 5.74) is 0.648. The lowest BCUT2D eigenvalue weighted by Gasteiger charge is -2.35. The summed E-state index contributed by atoms with van der Waals surface area (Å²) in [5, 5.41) is 4.35. The number of hydrogen-bond donors (Lipinski definition) is 1. The van der Waals surface area contributed by atoms with Gasteiger partial charge in [-0.05, 0) is 42.5 Å². The summed E-state index contributed by atoms with van der Waals surface area (Å²) in [6, 6.07) is 12.0. The number of carbonyl (C=O) groups is 1. The molecule has 1 atom stereocenters. The van der Waals surface area contributed by atoms with Crippen LogP contribution in [0, 0.1) is 0 Å². The molecule has 29 heavy (non-hydrogen) atoms. The van der Waals surface area contributed by atoms with Gasteiger partial charge in [-0.2, -0.15) is 0 Å². The van der Waals surface area contributed by atoms with Crippen LogP contribution in [0.3, 0.4) is 0 Å². The number of hydrogen-bond acceptors (Lipinski definition) is 5. The first-order chi connectivity index (χ1) is 14.1. The summed E-state index contributed by atoms with van der Waals surface area (Å²) in [7, 11) is 0. The smallest absolute Gasteiger partial charge is 0.290 e. The molecule has 2 aromatic heterocycles. The number of aromatic nitrogens is 1. The number of amides is 1. The van der Waals surface area contributed by atoms with Gasteiger partial charge in [0.2, 0.25) is 0 Å². The van der Waals surface area contributed by atoms with Crippen LogP contribution in [0.25, 0.3) is 11.3 Å². The van der Waals surface area contributed by atoms with Crippen molar-refractivity contribution in [2.45, 2.75) is 6.04 Å². The molecular weight excluding hydrogens is 413 g/mol. The van der Waals surface area contributed by atoms with Crippen molar-refractivity contribution in [2.75, 3.05) is 26.2 Å². The van der Waals surface area contributed by atoms with Gasteiger partial charge in [-0.15, -0.1) is 0 Å². The van der Waals surface area contributed by atoms with Gasteiger partial charge in [-0.1, -0.05) is 23.2 Å². The molecule has 3 aromatic rings. The van der Waals surface area contributed by atoms with Crippen LogP contribution >= 0.6 is 23.2 Å². The first-order valence-electron chi connectivity index (χ1n) is 9.21. The lowest BCUT2D eigenvalue weighted by atomic mass is 10.2. The molecule has 0 radical (unpaired) electrons. The van der Waals surface area contributed by atoms with E-state index in [2.05, 4.69) is 10.3 Å². The van der Waals surface area contributed by atoms with Crippen LogP contribution in [0.5, 0.6) is 5.75 Å². The van der Waals surface area contributed by atoms with Crippen LogP contribution in [-0.4, -0.2) is 48.1 Å². The van der Waals surface area contributed by atoms with E-state index in [-0.39, 0.29) is 17.7 Å². The maximum Gasteiger partial charge on any atom is 0.290 e. The van der Waals surface area contributed by atoms with Crippen molar-refractivity contribution in [3.05, 3.63) is 70.7 Å². The summed E-state index contributed by atoms with van der Waals surface area (Å²) in [6.07, 6.45) is 3.33. The molecule has 1 amide bonds. The number of piperazine rings is 1. The Morgan fingerprint density at radius 2 is 2.17 bits per heavy atom. The molecule has 1 unspecified atom stereocenters. The zero-order chi connectivity index (χ0) is 20.2. The van der Waals surface area contributed by atoms with Crippen LogP contribution < -0.4 is 10.1 Å². The highest BCUT2D eigenvalue weighted by atomic mass is 35.5. The van der Waals surface area contributed by atoms with E-state index < -0.39 is 0 Å². The van der Waals surface area contributed by atoms with Gasteiger partial charge in [0, 0.05) is 36.4 Å². The topological polar surface area (TPSA) is 67.6 Å². The molecule has 1 aliphatic rings. The quantitative estimate of drug-likeness (QED) is 0.657. The second-order valence-corrected chi connectivity index (χ2v) is 7.49. The number of benzene rings is 1. The fourth-order valence-corrected chi connectivity index (χ4v) is 3.61. The zero-order valence-electron chi connectivity index (χ0n) is 15.5. The van der Waals surface area contributed by atoms with Gasteiger partial charge in [0.05, 0.1) is 17.3 Å². The van der Waals surface area contributed by atoms with Crippen molar-refractivity contribution >= 4 is 29.1 Å². The molecule has 1 aliphatic heterocycles. The maximum atomic E-state index is 13.1. The van der Waals surface area contributed by atoms with Gasteiger partial charge < -0.3 is 19.4 Å². The molecular formula is C21H19Cl2N3O3. The van der Waals surface area contributed by atoms with Gasteiger partial charge in [0.15, 0.2) is 5.76 Å². The Labute approximate surface area is 178 Å². The van der Waals surface area contributed by atoms with Gasteiger partial charge in [-0.3, -0.25) is 9.78 Å². The summed E-state index contributed by atoms with van der Waals surface area (Å²) in [6.45, 7) is 2.27. The molecule has 0 spiro atoms. The number of rotatable bonds is 5. The Morgan fingerprint density at radius 1 is 1.28 bits per heavy atom. The van der Waals surface area contributed by atoms with Crippen molar-refractivity contribution in [1.82, 2.24) is 15.2 Å². The van der Waals surface area contributed by atoms with E-state index in [0.717, 1.165) is 0 Å². The predicted molar refractivity (Wildman–Crippen MR) is 112 cm³/mol. The highest BCUT2D eigenvalue weighted by Crippen LogP contribution is 2.32. The minimum absolute atomic E-state index is 0.125. The third kappa shape index (κ3) is 4.56. The SMILES string of the molecule is O=C(c1ccc(-c2cc(Cl)ccc2Cl)o1)N1CCNCC1COc1cccnc1. The molecule has 1 aromatic carbocycles. The lowest BCUT2D eigenvalue weighted by Crippen LogP contribution is -2.55. The molecule has 8 heteroatoms. The summed E-state index contributed by atoms with van der Waals surface area (Å²) >= 11 is 12.3. The molecule has 0 aliphatic carbocycles. The highest BCUT2D eigenvalue weighted by Gasteiger charge is 2.30. The Balaban J connectivity index is 1.50. The Bertz CT molecular complexity index is 994. The standard InChI is InChI=1S/C21H19Cl2N3O3/c22-14-3-4-18(23)17(10-14)19-5-6-20(29-19)21(27)26-9-8-25-11-15(26)13-28-16-2-1-7-24-12-16/h1-7,10,12,15,25H,8-9,11,13H2. The van der Waals surface area contributed by atoms with E-state index >= 15 is 0 Å². The largest absolute Gasteiger partial charge is 0.490 e. The minimum Gasteiger partial charge on any atom is -0.490 e. The van der Waals surface area contributed by atoms with Gasteiger partial charge in [-0.25, -0.2) is 0 Å². The van der Waals surface area contributed by atoms with Gasteiger partial charge in [0.1, 0.15) is 18.1 Å². The van der Waals surface area contributed by atoms with E-state index in [0.29, 0.717) is 53.4 Å². The van der Waals surface area contributed by atoms with E-state index in [1.807, 2.05) is 12.1 Å². The molecule has 1 fully saturated rings. The number of nitrogens with zero attached hydrogens (tertiary/aromatic N) is 2. The third-order valence-electron chi connectivity index (χ3n) is 4.70. The molecule has 150 valence electrons. The highest BCUT2D eigenvalue weighted by molar-refractivity contribution is 6.35. The fourth-order valence-electron chi connectivity index (χ4n) is 3.23. The molecule has 0 bridgehead atoms. The second kappa shape index (κ2) is 8.86. The number of ether oxygens (including phenoxy) is 1. The van der Waals surface area contributed by atoms with Gasteiger partial charge in [0.25, 0.3) is 5.91 Å². The molecule has 1 saturated heterocycles. The molecule has 4 rings (SSSR count). The van der Waals surface area contributed by atoms with Crippen LogP contribution in [0.1, 0.15) is 10.6 Å².